The second-order valence-corrected chi connectivity index (χ2v) is 3.88. The highest BCUT2D eigenvalue weighted by Crippen LogP contribution is 2.16. The van der Waals surface area contributed by atoms with Gasteiger partial charge in [-0.1, -0.05) is 32.8 Å². The second-order valence-electron chi connectivity index (χ2n) is 3.88. The lowest BCUT2D eigenvalue weighted by molar-refractivity contribution is 0.666. The van der Waals surface area contributed by atoms with Crippen molar-refractivity contribution >= 4 is 0 Å². The number of aromatic nitrogens is 1. The minimum absolute atomic E-state index is 1.09. The molecule has 0 aliphatic carbocycles. The van der Waals surface area contributed by atoms with Gasteiger partial charge in [-0.2, -0.15) is 0 Å². The van der Waals surface area contributed by atoms with Crippen molar-refractivity contribution < 1.29 is 0 Å². The normalized spacial score (nSPS) is 10.8. The van der Waals surface area contributed by atoms with Gasteiger partial charge in [-0.3, -0.25) is 4.98 Å². The molecule has 0 saturated heterocycles. The van der Waals surface area contributed by atoms with Crippen LogP contribution < -0.4 is 0 Å². The summed E-state index contributed by atoms with van der Waals surface area (Å²) in [5.41, 5.74) is 1.21. The Morgan fingerprint density at radius 1 is 1.29 bits per heavy atom. The van der Waals surface area contributed by atoms with E-state index < -0.39 is 0 Å². The second kappa shape index (κ2) is 6.58. The van der Waals surface area contributed by atoms with Gasteiger partial charge in [0.1, 0.15) is 0 Å². The molecule has 1 heterocycles. The Kier molecular flexibility index (Phi) is 5.28. The fraction of sp³-hybridized carbons (Fsp3) is 0.538. The van der Waals surface area contributed by atoms with Gasteiger partial charge in [0.05, 0.1) is 0 Å². The number of hydrogen-bond donors (Lipinski definition) is 0. The molecule has 0 N–H and O–H groups in total. The van der Waals surface area contributed by atoms with Crippen molar-refractivity contribution in [3.8, 4) is 0 Å². The van der Waals surface area contributed by atoms with E-state index >= 15 is 0 Å². The molecule has 0 amide bonds. The van der Waals surface area contributed by atoms with Crippen molar-refractivity contribution in [2.24, 2.45) is 0 Å². The Hall–Kier alpha value is -0.850. The molecular formula is C13H20N. The molecule has 1 aromatic rings. The fourth-order valence-corrected chi connectivity index (χ4v) is 1.49. The number of hydrogen-bond acceptors (Lipinski definition) is 1. The molecule has 0 bridgehead atoms. The van der Waals surface area contributed by atoms with E-state index in [2.05, 4.69) is 31.0 Å². The molecule has 0 aliphatic rings. The molecule has 0 aliphatic heterocycles. The van der Waals surface area contributed by atoms with Gasteiger partial charge in [-0.15, -0.1) is 0 Å². The average Bonchev–Trinajstić information content (AvgIpc) is 2.25. The quantitative estimate of drug-likeness (QED) is 0.665. The van der Waals surface area contributed by atoms with E-state index in [1.165, 1.54) is 31.4 Å². The van der Waals surface area contributed by atoms with Crippen LogP contribution in [0.25, 0.3) is 0 Å². The molecule has 0 unspecified atom stereocenters. The SMILES string of the molecule is CCCC[C](C)CCc1ccccn1. The molecule has 0 fully saturated rings. The van der Waals surface area contributed by atoms with Crippen molar-refractivity contribution in [2.75, 3.05) is 0 Å². The third kappa shape index (κ3) is 4.40. The Bertz CT molecular complexity index is 230. The van der Waals surface area contributed by atoms with Crippen LogP contribution >= 0.6 is 0 Å². The van der Waals surface area contributed by atoms with E-state index in [9.17, 15) is 0 Å². The predicted octanol–water partition coefficient (Wildman–Crippen LogP) is 3.80. The topological polar surface area (TPSA) is 12.9 Å². The van der Waals surface area contributed by atoms with Gasteiger partial charge >= 0.3 is 0 Å². The molecule has 1 rings (SSSR count). The van der Waals surface area contributed by atoms with Crippen LogP contribution in [0.4, 0.5) is 0 Å². The predicted molar refractivity (Wildman–Crippen MR) is 61.0 cm³/mol. The third-order valence-electron chi connectivity index (χ3n) is 2.49. The maximum Gasteiger partial charge on any atom is 0.0403 e. The summed E-state index contributed by atoms with van der Waals surface area (Å²) in [6.07, 6.45) is 8.06. The van der Waals surface area contributed by atoms with Crippen molar-refractivity contribution in [3.05, 3.63) is 36.0 Å². The summed E-state index contributed by atoms with van der Waals surface area (Å²) in [4.78, 5) is 4.32. The standard InChI is InChI=1S/C13H20N/c1-3-4-7-12(2)9-10-13-8-5-6-11-14-13/h5-6,8,11H,3-4,7,9-10H2,1-2H3. The number of aryl methyl sites for hydroxylation is 1. The first-order valence-corrected chi connectivity index (χ1v) is 5.54. The van der Waals surface area contributed by atoms with Gasteiger partial charge < -0.3 is 0 Å². The maximum atomic E-state index is 4.32. The number of pyridine rings is 1. The van der Waals surface area contributed by atoms with Gasteiger partial charge in [0.25, 0.3) is 0 Å². The van der Waals surface area contributed by atoms with Gasteiger partial charge in [0.2, 0.25) is 0 Å². The van der Waals surface area contributed by atoms with Crippen LogP contribution in [0.15, 0.2) is 24.4 Å². The van der Waals surface area contributed by atoms with E-state index in [0.29, 0.717) is 0 Å². The highest BCUT2D eigenvalue weighted by molar-refractivity contribution is 5.05. The van der Waals surface area contributed by atoms with Crippen molar-refractivity contribution in [1.82, 2.24) is 4.98 Å². The number of nitrogens with zero attached hydrogens (tertiary/aromatic N) is 1. The van der Waals surface area contributed by atoms with Crippen molar-refractivity contribution in [3.63, 3.8) is 0 Å². The minimum Gasteiger partial charge on any atom is -0.261 e. The lowest BCUT2D eigenvalue weighted by Gasteiger charge is -2.08. The highest BCUT2D eigenvalue weighted by atomic mass is 14.7. The first-order valence-electron chi connectivity index (χ1n) is 5.54. The molecule has 0 atom stereocenters. The Morgan fingerprint density at radius 3 is 2.79 bits per heavy atom. The van der Waals surface area contributed by atoms with E-state index in [4.69, 9.17) is 0 Å². The van der Waals surface area contributed by atoms with Gasteiger partial charge in [-0.25, -0.2) is 0 Å². The lowest BCUT2D eigenvalue weighted by atomic mass is 9.98. The molecule has 0 spiro atoms. The van der Waals surface area contributed by atoms with E-state index in [1.807, 2.05) is 12.3 Å². The van der Waals surface area contributed by atoms with E-state index in [0.717, 1.165) is 6.42 Å². The lowest BCUT2D eigenvalue weighted by Crippen LogP contribution is -1.96. The first kappa shape index (κ1) is 11.2. The Labute approximate surface area is 87.6 Å². The van der Waals surface area contributed by atoms with Crippen molar-refractivity contribution in [1.29, 1.82) is 0 Å². The summed E-state index contributed by atoms with van der Waals surface area (Å²) >= 11 is 0. The zero-order valence-electron chi connectivity index (χ0n) is 9.29. The summed E-state index contributed by atoms with van der Waals surface area (Å²) in [6, 6.07) is 6.13. The summed E-state index contributed by atoms with van der Waals surface area (Å²) in [7, 11) is 0. The van der Waals surface area contributed by atoms with Gasteiger partial charge in [0, 0.05) is 11.9 Å². The Balaban J connectivity index is 2.20. The van der Waals surface area contributed by atoms with Crippen LogP contribution in [0.2, 0.25) is 0 Å². The molecule has 1 radical (unpaired) electrons. The van der Waals surface area contributed by atoms with Gasteiger partial charge in [0.15, 0.2) is 0 Å². The first-order chi connectivity index (χ1) is 6.83. The monoisotopic (exact) mass is 190 g/mol. The number of unbranched alkanes of at least 4 members (excludes halogenated alkanes) is 1. The zero-order valence-corrected chi connectivity index (χ0v) is 9.29. The molecule has 0 aromatic carbocycles. The van der Waals surface area contributed by atoms with Crippen LogP contribution in [0.1, 0.15) is 45.2 Å². The largest absolute Gasteiger partial charge is 0.261 e. The van der Waals surface area contributed by atoms with Crippen LogP contribution in [-0.2, 0) is 6.42 Å². The molecule has 77 valence electrons. The molecular weight excluding hydrogens is 170 g/mol. The molecule has 1 heteroatoms. The maximum absolute atomic E-state index is 4.32. The summed E-state index contributed by atoms with van der Waals surface area (Å²) in [5, 5.41) is 0. The van der Waals surface area contributed by atoms with Crippen LogP contribution in [0.3, 0.4) is 0 Å². The Morgan fingerprint density at radius 2 is 2.14 bits per heavy atom. The summed E-state index contributed by atoms with van der Waals surface area (Å²) < 4.78 is 0. The van der Waals surface area contributed by atoms with Crippen molar-refractivity contribution in [2.45, 2.75) is 46.0 Å². The summed E-state index contributed by atoms with van der Waals surface area (Å²) in [6.45, 7) is 4.50. The summed E-state index contributed by atoms with van der Waals surface area (Å²) in [5.74, 6) is 1.61. The smallest absolute Gasteiger partial charge is 0.0403 e. The van der Waals surface area contributed by atoms with Crippen LogP contribution in [0.5, 0.6) is 0 Å². The fourth-order valence-electron chi connectivity index (χ4n) is 1.49. The molecule has 1 aromatic heterocycles. The molecule has 0 saturated carbocycles. The number of rotatable bonds is 6. The van der Waals surface area contributed by atoms with E-state index in [-0.39, 0.29) is 0 Å². The van der Waals surface area contributed by atoms with Gasteiger partial charge in [-0.05, 0) is 37.3 Å². The molecule has 14 heavy (non-hydrogen) atoms. The minimum atomic E-state index is 1.09. The van der Waals surface area contributed by atoms with Crippen LogP contribution in [0, 0.1) is 5.92 Å². The zero-order chi connectivity index (χ0) is 10.2. The molecule has 1 nitrogen and oxygen atoms in total. The van der Waals surface area contributed by atoms with Crippen LogP contribution in [-0.4, -0.2) is 4.98 Å². The average molecular weight is 190 g/mol. The third-order valence-corrected chi connectivity index (χ3v) is 2.49. The highest BCUT2D eigenvalue weighted by Gasteiger charge is 2.02. The van der Waals surface area contributed by atoms with E-state index in [1.54, 1.807) is 5.92 Å².